The number of hydrogen-bond acceptors (Lipinski definition) is 2. The highest BCUT2D eigenvalue weighted by Gasteiger charge is 2.13. The lowest BCUT2D eigenvalue weighted by Gasteiger charge is -2.18. The molecule has 1 atom stereocenters. The van der Waals surface area contributed by atoms with Crippen LogP contribution in [0.25, 0.3) is 10.8 Å². The van der Waals surface area contributed by atoms with Gasteiger partial charge in [0, 0.05) is 0 Å². The van der Waals surface area contributed by atoms with Gasteiger partial charge in [0.25, 0.3) is 0 Å². The smallest absolute Gasteiger partial charge is 0.0585 e. The van der Waals surface area contributed by atoms with Crippen LogP contribution in [0.4, 0.5) is 0 Å². The van der Waals surface area contributed by atoms with E-state index in [1.54, 1.807) is 11.3 Å². The van der Waals surface area contributed by atoms with Crippen molar-refractivity contribution in [1.82, 2.24) is 5.32 Å². The highest BCUT2D eigenvalue weighted by Crippen LogP contribution is 2.26. The van der Waals surface area contributed by atoms with Crippen molar-refractivity contribution < 1.29 is 0 Å². The fourth-order valence-electron chi connectivity index (χ4n) is 2.46. The van der Waals surface area contributed by atoms with E-state index in [9.17, 15) is 0 Å². The Hall–Kier alpha value is -1.64. The standard InChI is InChI=1S/C17H17NS/c1-2-18-17(16-9-10-19-12-16)15-8-7-13-5-3-4-6-14(13)11-15/h3-12,17-18H,2H2,1H3. The Balaban J connectivity index is 2.05. The normalized spacial score (nSPS) is 12.7. The molecule has 1 nitrogen and oxygen atoms in total. The summed E-state index contributed by atoms with van der Waals surface area (Å²) >= 11 is 1.75. The number of fused-ring (bicyclic) bond motifs is 1. The van der Waals surface area contributed by atoms with Gasteiger partial charge in [-0.3, -0.25) is 0 Å². The van der Waals surface area contributed by atoms with Crippen LogP contribution in [-0.4, -0.2) is 6.54 Å². The Kier molecular flexibility index (Phi) is 3.62. The monoisotopic (exact) mass is 267 g/mol. The summed E-state index contributed by atoms with van der Waals surface area (Å²) in [5.74, 6) is 0. The maximum Gasteiger partial charge on any atom is 0.0585 e. The molecular weight excluding hydrogens is 250 g/mol. The molecule has 1 heterocycles. The van der Waals surface area contributed by atoms with Crippen LogP contribution in [0.3, 0.4) is 0 Å². The molecule has 0 aliphatic carbocycles. The molecule has 0 spiro atoms. The minimum atomic E-state index is 0.292. The number of rotatable bonds is 4. The van der Waals surface area contributed by atoms with Crippen molar-refractivity contribution in [3.8, 4) is 0 Å². The van der Waals surface area contributed by atoms with Crippen molar-refractivity contribution in [3.63, 3.8) is 0 Å². The summed E-state index contributed by atoms with van der Waals surface area (Å²) in [5, 5.41) is 10.5. The zero-order valence-electron chi connectivity index (χ0n) is 11.0. The lowest BCUT2D eigenvalue weighted by atomic mass is 9.98. The lowest BCUT2D eigenvalue weighted by Crippen LogP contribution is -2.21. The van der Waals surface area contributed by atoms with Crippen molar-refractivity contribution in [2.45, 2.75) is 13.0 Å². The molecule has 3 aromatic rings. The van der Waals surface area contributed by atoms with Crippen LogP contribution in [0, 0.1) is 0 Å². The zero-order valence-corrected chi connectivity index (χ0v) is 11.8. The van der Waals surface area contributed by atoms with Crippen molar-refractivity contribution in [2.75, 3.05) is 6.54 Å². The van der Waals surface area contributed by atoms with Crippen LogP contribution >= 0.6 is 11.3 Å². The fraction of sp³-hybridized carbons (Fsp3) is 0.176. The van der Waals surface area contributed by atoms with Crippen molar-refractivity contribution in [2.24, 2.45) is 0 Å². The van der Waals surface area contributed by atoms with Crippen LogP contribution < -0.4 is 5.32 Å². The average molecular weight is 267 g/mol. The Morgan fingerprint density at radius 2 is 1.84 bits per heavy atom. The molecule has 1 aromatic heterocycles. The Bertz CT molecular complexity index is 658. The number of thiophene rings is 1. The Morgan fingerprint density at radius 1 is 1.00 bits per heavy atom. The van der Waals surface area contributed by atoms with Crippen LogP contribution in [0.1, 0.15) is 24.1 Å². The van der Waals surface area contributed by atoms with Gasteiger partial charge in [-0.05, 0) is 51.3 Å². The molecule has 0 aliphatic heterocycles. The third-order valence-corrected chi connectivity index (χ3v) is 4.09. The molecule has 2 aromatic carbocycles. The second kappa shape index (κ2) is 5.55. The van der Waals surface area contributed by atoms with Gasteiger partial charge in [-0.15, -0.1) is 0 Å². The van der Waals surface area contributed by atoms with Gasteiger partial charge in [0.2, 0.25) is 0 Å². The minimum absolute atomic E-state index is 0.292. The van der Waals surface area contributed by atoms with Crippen LogP contribution in [0.2, 0.25) is 0 Å². The topological polar surface area (TPSA) is 12.0 Å². The Morgan fingerprint density at radius 3 is 2.58 bits per heavy atom. The summed E-state index contributed by atoms with van der Waals surface area (Å²) < 4.78 is 0. The van der Waals surface area contributed by atoms with E-state index in [-0.39, 0.29) is 0 Å². The first-order valence-corrected chi connectivity index (χ1v) is 7.57. The van der Waals surface area contributed by atoms with E-state index in [0.29, 0.717) is 6.04 Å². The minimum Gasteiger partial charge on any atom is -0.307 e. The maximum absolute atomic E-state index is 3.57. The molecule has 2 heteroatoms. The number of benzene rings is 2. The van der Waals surface area contributed by atoms with Crippen molar-refractivity contribution in [3.05, 3.63) is 70.4 Å². The van der Waals surface area contributed by atoms with Gasteiger partial charge in [-0.1, -0.05) is 43.3 Å². The Labute approximate surface area is 117 Å². The molecule has 0 saturated carbocycles. The maximum atomic E-state index is 3.57. The molecule has 0 radical (unpaired) electrons. The summed E-state index contributed by atoms with van der Waals surface area (Å²) in [6, 6.07) is 17.7. The zero-order chi connectivity index (χ0) is 13.1. The summed E-state index contributed by atoms with van der Waals surface area (Å²) in [6.45, 7) is 3.12. The molecular formula is C17H17NS. The first kappa shape index (κ1) is 12.4. The molecule has 19 heavy (non-hydrogen) atoms. The van der Waals surface area contributed by atoms with E-state index >= 15 is 0 Å². The van der Waals surface area contributed by atoms with Crippen LogP contribution in [-0.2, 0) is 0 Å². The molecule has 0 amide bonds. The van der Waals surface area contributed by atoms with E-state index in [1.165, 1.54) is 21.9 Å². The molecule has 1 unspecified atom stereocenters. The molecule has 96 valence electrons. The number of hydrogen-bond donors (Lipinski definition) is 1. The van der Waals surface area contributed by atoms with Gasteiger partial charge in [0.05, 0.1) is 6.04 Å². The summed E-state index contributed by atoms with van der Waals surface area (Å²) in [6.07, 6.45) is 0. The van der Waals surface area contributed by atoms with Gasteiger partial charge in [-0.2, -0.15) is 11.3 Å². The number of nitrogens with one attached hydrogen (secondary N) is 1. The average Bonchev–Trinajstić information content (AvgIpc) is 2.98. The second-order valence-corrected chi connectivity index (χ2v) is 5.43. The van der Waals surface area contributed by atoms with Gasteiger partial charge in [0.15, 0.2) is 0 Å². The highest BCUT2D eigenvalue weighted by atomic mass is 32.1. The van der Waals surface area contributed by atoms with Gasteiger partial charge in [0.1, 0.15) is 0 Å². The van der Waals surface area contributed by atoms with Gasteiger partial charge >= 0.3 is 0 Å². The first-order valence-electron chi connectivity index (χ1n) is 6.62. The fourth-order valence-corrected chi connectivity index (χ4v) is 3.14. The summed E-state index contributed by atoms with van der Waals surface area (Å²) in [4.78, 5) is 0. The van der Waals surface area contributed by atoms with E-state index < -0.39 is 0 Å². The molecule has 0 bridgehead atoms. The third-order valence-electron chi connectivity index (χ3n) is 3.39. The largest absolute Gasteiger partial charge is 0.307 e. The van der Waals surface area contributed by atoms with Crippen molar-refractivity contribution >= 4 is 22.1 Å². The van der Waals surface area contributed by atoms with Gasteiger partial charge < -0.3 is 5.32 Å². The quantitative estimate of drug-likeness (QED) is 0.728. The predicted molar refractivity (Wildman–Crippen MR) is 83.8 cm³/mol. The molecule has 3 rings (SSSR count). The summed E-state index contributed by atoms with van der Waals surface area (Å²) in [7, 11) is 0. The second-order valence-electron chi connectivity index (χ2n) is 4.65. The van der Waals surface area contributed by atoms with Gasteiger partial charge in [-0.25, -0.2) is 0 Å². The van der Waals surface area contributed by atoms with Crippen LogP contribution in [0.5, 0.6) is 0 Å². The summed E-state index contributed by atoms with van der Waals surface area (Å²) in [5.41, 5.74) is 2.68. The van der Waals surface area contributed by atoms with Crippen LogP contribution in [0.15, 0.2) is 59.3 Å². The van der Waals surface area contributed by atoms with E-state index in [0.717, 1.165) is 6.54 Å². The predicted octanol–water partition coefficient (Wildman–Crippen LogP) is 4.60. The van der Waals surface area contributed by atoms with E-state index in [1.807, 2.05) is 0 Å². The first-order chi connectivity index (χ1) is 9.38. The third kappa shape index (κ3) is 2.55. The molecule has 1 N–H and O–H groups in total. The molecule has 0 fully saturated rings. The lowest BCUT2D eigenvalue weighted by molar-refractivity contribution is 0.633. The highest BCUT2D eigenvalue weighted by molar-refractivity contribution is 7.08. The van der Waals surface area contributed by atoms with E-state index in [4.69, 9.17) is 0 Å². The SMILES string of the molecule is CCNC(c1ccsc1)c1ccc2ccccc2c1. The van der Waals surface area contributed by atoms with Crippen molar-refractivity contribution in [1.29, 1.82) is 0 Å². The molecule has 0 saturated heterocycles. The van der Waals surface area contributed by atoms with E-state index in [2.05, 4.69) is 71.5 Å². The molecule has 0 aliphatic rings.